The molecule has 0 fully saturated rings. The SMILES string of the molecule is N[C@H]1CCCc2o[nH]c(=O)c21. The molecule has 1 aromatic rings. The van der Waals surface area contributed by atoms with Crippen molar-refractivity contribution in [2.24, 2.45) is 5.73 Å². The standard InChI is InChI=1S/C7H10N2O2/c8-4-2-1-3-5-6(4)7(10)9-11-5/h4H,1-3,8H2,(H,9,10)/t4-/m0/s1. The van der Waals surface area contributed by atoms with Crippen LogP contribution in [0.3, 0.4) is 0 Å². The van der Waals surface area contributed by atoms with Gasteiger partial charge in [0.1, 0.15) is 5.76 Å². The molecule has 0 spiro atoms. The van der Waals surface area contributed by atoms with E-state index < -0.39 is 0 Å². The van der Waals surface area contributed by atoms with E-state index in [1.165, 1.54) is 0 Å². The van der Waals surface area contributed by atoms with E-state index in [-0.39, 0.29) is 11.6 Å². The molecule has 1 atom stereocenters. The molecule has 0 bridgehead atoms. The van der Waals surface area contributed by atoms with Gasteiger partial charge in [-0.25, -0.2) is 0 Å². The number of aromatic amines is 1. The van der Waals surface area contributed by atoms with Crippen LogP contribution in [0.2, 0.25) is 0 Å². The highest BCUT2D eigenvalue weighted by Crippen LogP contribution is 2.24. The predicted octanol–water partition coefficient (Wildman–Crippen LogP) is 0.304. The Labute approximate surface area is 63.4 Å². The molecule has 3 N–H and O–H groups in total. The normalized spacial score (nSPS) is 23.2. The number of hydrogen-bond donors (Lipinski definition) is 2. The van der Waals surface area contributed by atoms with Crippen molar-refractivity contribution in [3.63, 3.8) is 0 Å². The fourth-order valence-corrected chi connectivity index (χ4v) is 1.53. The molecule has 1 heterocycles. The van der Waals surface area contributed by atoms with Gasteiger partial charge in [0.25, 0.3) is 5.56 Å². The summed E-state index contributed by atoms with van der Waals surface area (Å²) in [6, 6.07) is -0.124. The Morgan fingerprint density at radius 3 is 3.18 bits per heavy atom. The minimum Gasteiger partial charge on any atom is -0.383 e. The topological polar surface area (TPSA) is 72.0 Å². The molecular weight excluding hydrogens is 144 g/mol. The lowest BCUT2D eigenvalue weighted by molar-refractivity contribution is 0.363. The Hall–Kier alpha value is -1.03. The fraction of sp³-hybridized carbons (Fsp3) is 0.571. The Kier molecular flexibility index (Phi) is 1.35. The molecule has 4 heteroatoms. The monoisotopic (exact) mass is 154 g/mol. The highest BCUT2D eigenvalue weighted by atomic mass is 16.5. The average Bonchev–Trinajstić information content (AvgIpc) is 2.34. The maximum Gasteiger partial charge on any atom is 0.284 e. The second kappa shape index (κ2) is 2.23. The smallest absolute Gasteiger partial charge is 0.284 e. The summed E-state index contributed by atoms with van der Waals surface area (Å²) in [4.78, 5) is 11.0. The zero-order valence-electron chi connectivity index (χ0n) is 6.09. The molecule has 0 saturated carbocycles. The number of nitrogens with two attached hydrogens (primary N) is 1. The van der Waals surface area contributed by atoms with Crippen LogP contribution in [-0.4, -0.2) is 5.16 Å². The van der Waals surface area contributed by atoms with Gasteiger partial charge in [0.05, 0.1) is 5.56 Å². The molecule has 4 nitrogen and oxygen atoms in total. The van der Waals surface area contributed by atoms with Crippen molar-refractivity contribution in [1.29, 1.82) is 0 Å². The van der Waals surface area contributed by atoms with E-state index in [9.17, 15) is 4.79 Å². The largest absolute Gasteiger partial charge is 0.383 e. The molecule has 60 valence electrons. The van der Waals surface area contributed by atoms with E-state index >= 15 is 0 Å². The first-order chi connectivity index (χ1) is 5.29. The van der Waals surface area contributed by atoms with Crippen LogP contribution in [0.25, 0.3) is 0 Å². The molecule has 0 unspecified atom stereocenters. The summed E-state index contributed by atoms with van der Waals surface area (Å²) in [6.07, 6.45) is 2.73. The minimum absolute atomic E-state index is 0.124. The van der Waals surface area contributed by atoms with Gasteiger partial charge in [-0.05, 0) is 12.8 Å². The number of rotatable bonds is 0. The molecule has 2 rings (SSSR count). The molecule has 1 aromatic heterocycles. The zero-order chi connectivity index (χ0) is 7.84. The molecule has 0 saturated heterocycles. The highest BCUT2D eigenvalue weighted by molar-refractivity contribution is 5.20. The number of aryl methyl sites for hydroxylation is 1. The summed E-state index contributed by atoms with van der Waals surface area (Å²) in [6.45, 7) is 0. The molecular formula is C7H10N2O2. The third kappa shape index (κ3) is 0.903. The third-order valence-corrected chi connectivity index (χ3v) is 2.10. The van der Waals surface area contributed by atoms with Gasteiger partial charge in [-0.3, -0.25) is 4.79 Å². The molecule has 1 aliphatic carbocycles. The zero-order valence-corrected chi connectivity index (χ0v) is 6.09. The van der Waals surface area contributed by atoms with Crippen molar-refractivity contribution >= 4 is 0 Å². The Bertz CT molecular complexity index is 312. The lowest BCUT2D eigenvalue weighted by Crippen LogP contribution is -2.22. The summed E-state index contributed by atoms with van der Waals surface area (Å²) in [5.41, 5.74) is 6.20. The summed E-state index contributed by atoms with van der Waals surface area (Å²) in [5.74, 6) is 0.744. The van der Waals surface area contributed by atoms with E-state index in [1.807, 2.05) is 0 Å². The van der Waals surface area contributed by atoms with Gasteiger partial charge in [-0.15, -0.1) is 0 Å². The fourth-order valence-electron chi connectivity index (χ4n) is 1.53. The first-order valence-corrected chi connectivity index (χ1v) is 3.75. The van der Waals surface area contributed by atoms with Gasteiger partial charge in [-0.1, -0.05) is 0 Å². The van der Waals surface area contributed by atoms with E-state index in [4.69, 9.17) is 10.3 Å². The Morgan fingerprint density at radius 1 is 1.64 bits per heavy atom. The molecule has 1 aliphatic rings. The molecule has 0 aromatic carbocycles. The highest BCUT2D eigenvalue weighted by Gasteiger charge is 2.23. The lowest BCUT2D eigenvalue weighted by Gasteiger charge is -2.14. The van der Waals surface area contributed by atoms with Crippen LogP contribution < -0.4 is 11.3 Å². The van der Waals surface area contributed by atoms with Crippen LogP contribution in [0, 0.1) is 0 Å². The minimum atomic E-state index is -0.160. The third-order valence-electron chi connectivity index (χ3n) is 2.10. The van der Waals surface area contributed by atoms with Crippen LogP contribution >= 0.6 is 0 Å². The number of aromatic nitrogens is 1. The second-order valence-corrected chi connectivity index (χ2v) is 2.87. The van der Waals surface area contributed by atoms with E-state index in [2.05, 4.69) is 5.16 Å². The first kappa shape index (κ1) is 6.67. The van der Waals surface area contributed by atoms with E-state index in [0.29, 0.717) is 5.56 Å². The molecule has 0 amide bonds. The lowest BCUT2D eigenvalue weighted by atomic mass is 9.94. The number of hydrogen-bond acceptors (Lipinski definition) is 3. The second-order valence-electron chi connectivity index (χ2n) is 2.87. The van der Waals surface area contributed by atoms with Crippen LogP contribution in [0.1, 0.15) is 30.2 Å². The Morgan fingerprint density at radius 2 is 2.45 bits per heavy atom. The average molecular weight is 154 g/mol. The quantitative estimate of drug-likeness (QED) is 0.564. The van der Waals surface area contributed by atoms with Crippen LogP contribution in [-0.2, 0) is 6.42 Å². The van der Waals surface area contributed by atoms with Crippen molar-refractivity contribution in [2.75, 3.05) is 0 Å². The van der Waals surface area contributed by atoms with Crippen molar-refractivity contribution in [3.05, 3.63) is 21.7 Å². The Balaban J connectivity index is 2.56. The maximum absolute atomic E-state index is 11.0. The van der Waals surface area contributed by atoms with Gasteiger partial charge >= 0.3 is 0 Å². The number of nitrogens with one attached hydrogen (secondary N) is 1. The van der Waals surface area contributed by atoms with Gasteiger partial charge < -0.3 is 10.3 Å². The van der Waals surface area contributed by atoms with Gasteiger partial charge in [0.2, 0.25) is 0 Å². The van der Waals surface area contributed by atoms with Crippen LogP contribution in [0.5, 0.6) is 0 Å². The van der Waals surface area contributed by atoms with E-state index in [1.54, 1.807) is 0 Å². The van der Waals surface area contributed by atoms with Crippen molar-refractivity contribution in [3.8, 4) is 0 Å². The number of H-pyrrole nitrogens is 1. The van der Waals surface area contributed by atoms with Gasteiger partial charge in [-0.2, -0.15) is 5.16 Å². The first-order valence-electron chi connectivity index (χ1n) is 3.75. The van der Waals surface area contributed by atoms with Gasteiger partial charge in [0, 0.05) is 12.5 Å². The van der Waals surface area contributed by atoms with Gasteiger partial charge in [0.15, 0.2) is 0 Å². The molecule has 0 radical (unpaired) electrons. The summed E-state index contributed by atoms with van der Waals surface area (Å²) < 4.78 is 4.94. The van der Waals surface area contributed by atoms with Crippen molar-refractivity contribution in [1.82, 2.24) is 5.16 Å². The van der Waals surface area contributed by atoms with Crippen LogP contribution in [0.15, 0.2) is 9.32 Å². The number of fused-ring (bicyclic) bond motifs is 1. The van der Waals surface area contributed by atoms with Crippen LogP contribution in [0.4, 0.5) is 0 Å². The maximum atomic E-state index is 11.0. The summed E-state index contributed by atoms with van der Waals surface area (Å²) in [7, 11) is 0. The molecule has 0 aliphatic heterocycles. The summed E-state index contributed by atoms with van der Waals surface area (Å²) in [5, 5.41) is 2.30. The predicted molar refractivity (Wildman–Crippen MR) is 39.2 cm³/mol. The summed E-state index contributed by atoms with van der Waals surface area (Å²) >= 11 is 0. The van der Waals surface area contributed by atoms with E-state index in [0.717, 1.165) is 25.0 Å². The van der Waals surface area contributed by atoms with Crippen molar-refractivity contribution in [2.45, 2.75) is 25.3 Å². The molecule has 11 heavy (non-hydrogen) atoms. The van der Waals surface area contributed by atoms with Crippen molar-refractivity contribution < 1.29 is 4.52 Å².